The summed E-state index contributed by atoms with van der Waals surface area (Å²) in [5, 5.41) is 6.54. The molecule has 2 aromatic heterocycles. The number of aryl methyl sites for hydroxylation is 1. The molecular weight excluding hydrogens is 496 g/mol. The molecule has 0 spiro atoms. The number of benzene rings is 1. The summed E-state index contributed by atoms with van der Waals surface area (Å²) in [6, 6.07) is 4.73. The van der Waals surface area contributed by atoms with E-state index in [-0.39, 0.29) is 34.2 Å². The van der Waals surface area contributed by atoms with E-state index in [0.29, 0.717) is 48.8 Å². The van der Waals surface area contributed by atoms with Gasteiger partial charge in [0.1, 0.15) is 11.6 Å². The number of aromatic nitrogens is 4. The number of rotatable bonds is 6. The highest BCUT2D eigenvalue weighted by Gasteiger charge is 2.45. The van der Waals surface area contributed by atoms with E-state index in [9.17, 15) is 13.2 Å². The van der Waals surface area contributed by atoms with Gasteiger partial charge in [-0.3, -0.25) is 9.63 Å². The maximum absolute atomic E-state index is 13.6. The zero-order chi connectivity index (χ0) is 25.9. The number of sulfonamides is 1. The first-order chi connectivity index (χ1) is 17.8. The average molecular weight is 529 g/mol. The number of hydrogen-bond acceptors (Lipinski definition) is 8. The molecule has 3 aromatic rings. The molecule has 2 aliphatic heterocycles. The number of ether oxygens (including phenoxy) is 1. The largest absolute Gasteiger partial charge is 0.493 e. The van der Waals surface area contributed by atoms with Gasteiger partial charge >= 0.3 is 0 Å². The molecule has 12 heteroatoms. The van der Waals surface area contributed by atoms with Gasteiger partial charge < -0.3 is 9.72 Å². The molecule has 0 bridgehead atoms. The number of aromatic amines is 1. The van der Waals surface area contributed by atoms with Crippen molar-refractivity contribution in [3.63, 3.8) is 0 Å². The molecule has 4 heterocycles. The van der Waals surface area contributed by atoms with Gasteiger partial charge in [0.05, 0.1) is 28.9 Å². The molecule has 3 fully saturated rings. The van der Waals surface area contributed by atoms with Crippen LogP contribution in [0, 0.1) is 12.8 Å². The highest BCUT2D eigenvalue weighted by Crippen LogP contribution is 2.36. The van der Waals surface area contributed by atoms with E-state index in [1.807, 2.05) is 20.9 Å². The second kappa shape index (κ2) is 9.19. The third kappa shape index (κ3) is 4.15. The van der Waals surface area contributed by atoms with Crippen LogP contribution in [0.4, 0.5) is 0 Å². The molecule has 3 aliphatic rings. The monoisotopic (exact) mass is 528 g/mol. The fraction of sp³-hybridized carbons (Fsp3) is 0.560. The molecule has 6 rings (SSSR count). The second-order valence-corrected chi connectivity index (χ2v) is 12.2. The van der Waals surface area contributed by atoms with Crippen LogP contribution in [-0.4, -0.2) is 76.8 Å². The van der Waals surface area contributed by atoms with Gasteiger partial charge in [-0.05, 0) is 44.9 Å². The predicted octanol–water partition coefficient (Wildman–Crippen LogP) is 2.32. The molecule has 1 aromatic carbocycles. The summed E-state index contributed by atoms with van der Waals surface area (Å²) in [7, 11) is -1.93. The molecule has 0 radical (unpaired) electrons. The number of nitrogens with zero attached hydrogens (tertiary/aromatic N) is 5. The maximum atomic E-state index is 13.6. The zero-order valence-electron chi connectivity index (χ0n) is 21.3. The molecule has 1 saturated carbocycles. The summed E-state index contributed by atoms with van der Waals surface area (Å²) in [6.45, 7) is 5.45. The normalized spacial score (nSPS) is 23.3. The number of imidazole rings is 1. The van der Waals surface area contributed by atoms with Gasteiger partial charge in [0, 0.05) is 38.5 Å². The summed E-state index contributed by atoms with van der Waals surface area (Å²) >= 11 is 0. The Hall–Kier alpha value is -2.80. The third-order valence-electron chi connectivity index (χ3n) is 7.72. The number of nitrogens with one attached hydrogen (secondary N) is 1. The third-order valence-corrected chi connectivity index (χ3v) is 9.55. The lowest BCUT2D eigenvalue weighted by Gasteiger charge is -2.20. The number of fused-ring (bicyclic) bond motifs is 2. The number of hydroxylamine groups is 2. The first-order valence-corrected chi connectivity index (χ1v) is 14.3. The van der Waals surface area contributed by atoms with E-state index in [4.69, 9.17) is 19.7 Å². The molecule has 1 N–H and O–H groups in total. The van der Waals surface area contributed by atoms with Gasteiger partial charge in [-0.2, -0.15) is 9.37 Å². The lowest BCUT2D eigenvalue weighted by atomic mass is 10.1. The van der Waals surface area contributed by atoms with Crippen molar-refractivity contribution in [3.05, 3.63) is 40.1 Å². The molecule has 1 aliphatic carbocycles. The van der Waals surface area contributed by atoms with Crippen LogP contribution >= 0.6 is 0 Å². The van der Waals surface area contributed by atoms with Gasteiger partial charge in [-0.15, -0.1) is 5.10 Å². The van der Waals surface area contributed by atoms with Crippen molar-refractivity contribution in [2.45, 2.75) is 56.4 Å². The number of hydrogen-bond donors (Lipinski definition) is 1. The van der Waals surface area contributed by atoms with Crippen molar-refractivity contribution in [2.75, 3.05) is 33.3 Å². The highest BCUT2D eigenvalue weighted by atomic mass is 32.2. The van der Waals surface area contributed by atoms with Crippen LogP contribution in [0.3, 0.4) is 0 Å². The molecule has 2 saturated heterocycles. The summed E-state index contributed by atoms with van der Waals surface area (Å²) in [5.74, 6) is 1.87. The summed E-state index contributed by atoms with van der Waals surface area (Å²) in [5.41, 5.74) is 1.15. The minimum Gasteiger partial charge on any atom is -0.493 e. The SMILES string of the molecule is CCOc1ccc(S(=O)(=O)N2CC3CN(C)OC3C2)cc1-c1nn2c(C3CCCC3)nc(C)c2c(=O)[nH]1. The van der Waals surface area contributed by atoms with Crippen molar-refractivity contribution < 1.29 is 18.0 Å². The van der Waals surface area contributed by atoms with Crippen LogP contribution in [0.15, 0.2) is 27.9 Å². The highest BCUT2D eigenvalue weighted by molar-refractivity contribution is 7.89. The van der Waals surface area contributed by atoms with Gasteiger partial charge in [-0.1, -0.05) is 12.8 Å². The molecule has 37 heavy (non-hydrogen) atoms. The van der Waals surface area contributed by atoms with Gasteiger partial charge in [0.25, 0.3) is 5.56 Å². The molecule has 0 amide bonds. The Morgan fingerprint density at radius 1 is 1.19 bits per heavy atom. The van der Waals surface area contributed by atoms with E-state index in [0.717, 1.165) is 31.5 Å². The Balaban J connectivity index is 1.43. The maximum Gasteiger partial charge on any atom is 0.277 e. The lowest BCUT2D eigenvalue weighted by Crippen LogP contribution is -2.32. The second-order valence-electron chi connectivity index (χ2n) is 10.2. The van der Waals surface area contributed by atoms with E-state index in [1.165, 1.54) is 4.31 Å². The van der Waals surface area contributed by atoms with E-state index in [2.05, 4.69) is 4.98 Å². The van der Waals surface area contributed by atoms with Crippen LogP contribution < -0.4 is 10.3 Å². The molecular formula is C25H32N6O5S. The summed E-state index contributed by atoms with van der Waals surface area (Å²) in [6.07, 6.45) is 4.14. The van der Waals surface area contributed by atoms with E-state index < -0.39 is 10.0 Å². The van der Waals surface area contributed by atoms with Crippen LogP contribution in [0.25, 0.3) is 16.9 Å². The quantitative estimate of drug-likeness (QED) is 0.517. The fourth-order valence-corrected chi connectivity index (χ4v) is 7.48. The molecule has 198 valence electrons. The van der Waals surface area contributed by atoms with Crippen LogP contribution in [0.1, 0.15) is 50.0 Å². The van der Waals surface area contributed by atoms with Crippen LogP contribution in [-0.2, 0) is 14.9 Å². The Morgan fingerprint density at radius 3 is 2.70 bits per heavy atom. The van der Waals surface area contributed by atoms with Crippen molar-refractivity contribution in [1.29, 1.82) is 0 Å². The minimum absolute atomic E-state index is 0.125. The first kappa shape index (κ1) is 24.5. The Morgan fingerprint density at radius 2 is 1.97 bits per heavy atom. The minimum atomic E-state index is -3.79. The van der Waals surface area contributed by atoms with Crippen molar-refractivity contribution >= 4 is 15.5 Å². The molecule has 2 atom stereocenters. The fourth-order valence-electron chi connectivity index (χ4n) is 5.95. The Labute approximate surface area is 215 Å². The standard InChI is InChI=1S/C25H32N6O5S/c1-4-35-20-10-9-18(37(33,34)30-13-17-12-29(3)36-21(17)14-30)11-19(20)23-27-25(32)22-15(2)26-24(31(22)28-23)16-7-5-6-8-16/h9-11,16-17,21H,4-8,12-14H2,1-3H3,(H,27,28,32). The van der Waals surface area contributed by atoms with Crippen molar-refractivity contribution in [1.82, 2.24) is 29.0 Å². The van der Waals surface area contributed by atoms with E-state index >= 15 is 0 Å². The smallest absolute Gasteiger partial charge is 0.277 e. The van der Waals surface area contributed by atoms with Gasteiger partial charge in [0.2, 0.25) is 10.0 Å². The molecule has 11 nitrogen and oxygen atoms in total. The van der Waals surface area contributed by atoms with E-state index in [1.54, 1.807) is 27.8 Å². The summed E-state index contributed by atoms with van der Waals surface area (Å²) in [4.78, 5) is 26.6. The average Bonchev–Trinajstić information content (AvgIpc) is 3.63. The topological polar surface area (TPSA) is 122 Å². The zero-order valence-corrected chi connectivity index (χ0v) is 22.1. The van der Waals surface area contributed by atoms with Crippen LogP contribution in [0.2, 0.25) is 0 Å². The van der Waals surface area contributed by atoms with Gasteiger partial charge in [0.15, 0.2) is 11.3 Å². The lowest BCUT2D eigenvalue weighted by molar-refractivity contribution is -0.125. The van der Waals surface area contributed by atoms with Crippen molar-refractivity contribution in [2.24, 2.45) is 5.92 Å². The molecule has 2 unspecified atom stereocenters. The first-order valence-electron chi connectivity index (χ1n) is 12.9. The predicted molar refractivity (Wildman–Crippen MR) is 136 cm³/mol. The van der Waals surface area contributed by atoms with Crippen LogP contribution in [0.5, 0.6) is 5.75 Å². The number of H-pyrrole nitrogens is 1. The summed E-state index contributed by atoms with van der Waals surface area (Å²) < 4.78 is 36.2. The Bertz CT molecular complexity index is 1500. The van der Waals surface area contributed by atoms with Crippen molar-refractivity contribution in [3.8, 4) is 17.1 Å². The van der Waals surface area contributed by atoms with Gasteiger partial charge in [-0.25, -0.2) is 17.9 Å². The Kier molecular flexibility index (Phi) is 6.09.